The molecule has 1 atom stereocenters. The van der Waals surface area contributed by atoms with Crippen LogP contribution in [0, 0.1) is 11.3 Å². The Morgan fingerprint density at radius 3 is 2.84 bits per heavy atom. The molecule has 2 aliphatic heterocycles. The average molecular weight is 349 g/mol. The number of para-hydroxylation sites is 1. The zero-order valence-corrected chi connectivity index (χ0v) is 15.0. The van der Waals surface area contributed by atoms with Crippen molar-refractivity contribution < 1.29 is 24.1 Å². The molecule has 6 nitrogen and oxygen atoms in total. The number of hydrogen-bond acceptors (Lipinski definition) is 5. The number of fused-ring (bicyclic) bond motifs is 1. The van der Waals surface area contributed by atoms with E-state index in [0.29, 0.717) is 38.5 Å². The molecule has 1 saturated heterocycles. The third-order valence-corrected chi connectivity index (χ3v) is 5.36. The smallest absolute Gasteiger partial charge is 0.229 e. The molecule has 1 unspecified atom stereocenters. The molecule has 2 aliphatic rings. The van der Waals surface area contributed by atoms with Crippen LogP contribution < -0.4 is 9.47 Å². The van der Waals surface area contributed by atoms with Gasteiger partial charge in [-0.2, -0.15) is 0 Å². The SMILES string of the molecule is COc1cccc2c1OCC(C(=O)N(C)CC1(CO)CCOCC1)C2. The second kappa shape index (κ2) is 7.62. The number of aliphatic hydroxyl groups excluding tert-OH is 1. The Morgan fingerprint density at radius 1 is 1.40 bits per heavy atom. The summed E-state index contributed by atoms with van der Waals surface area (Å²) in [5.41, 5.74) is 0.750. The standard InChI is InChI=1S/C19H27NO5/c1-20(12-19(13-21)6-8-24-9-7-19)18(22)15-10-14-4-3-5-16(23-2)17(14)25-11-15/h3-5,15,21H,6-13H2,1-2H3. The monoisotopic (exact) mass is 349 g/mol. The van der Waals surface area contributed by atoms with Gasteiger partial charge in [-0.1, -0.05) is 12.1 Å². The van der Waals surface area contributed by atoms with Gasteiger partial charge in [-0.25, -0.2) is 0 Å². The van der Waals surface area contributed by atoms with Crippen molar-refractivity contribution in [1.82, 2.24) is 4.90 Å². The van der Waals surface area contributed by atoms with Crippen LogP contribution in [0.4, 0.5) is 0 Å². The summed E-state index contributed by atoms with van der Waals surface area (Å²) >= 11 is 0. The first kappa shape index (κ1) is 18.0. The predicted molar refractivity (Wildman–Crippen MR) is 92.9 cm³/mol. The molecule has 2 heterocycles. The van der Waals surface area contributed by atoms with Crippen LogP contribution in [-0.4, -0.2) is 63.0 Å². The van der Waals surface area contributed by atoms with Crippen LogP contribution in [-0.2, 0) is 16.0 Å². The van der Waals surface area contributed by atoms with Gasteiger partial charge in [-0.15, -0.1) is 0 Å². The maximum atomic E-state index is 12.9. The summed E-state index contributed by atoms with van der Waals surface area (Å²) in [5.74, 6) is 1.30. The van der Waals surface area contributed by atoms with E-state index in [-0.39, 0.29) is 23.8 Å². The van der Waals surface area contributed by atoms with Crippen LogP contribution in [0.5, 0.6) is 11.5 Å². The molecule has 1 aromatic rings. The molecule has 0 radical (unpaired) electrons. The number of amides is 1. The maximum Gasteiger partial charge on any atom is 0.229 e. The van der Waals surface area contributed by atoms with Crippen molar-refractivity contribution in [3.8, 4) is 11.5 Å². The molecule has 25 heavy (non-hydrogen) atoms. The van der Waals surface area contributed by atoms with E-state index in [0.717, 1.165) is 24.2 Å². The Labute approximate surface area is 148 Å². The van der Waals surface area contributed by atoms with Gasteiger partial charge >= 0.3 is 0 Å². The number of rotatable bonds is 5. The first-order valence-electron chi connectivity index (χ1n) is 8.81. The van der Waals surface area contributed by atoms with Crippen LogP contribution in [0.15, 0.2) is 18.2 Å². The van der Waals surface area contributed by atoms with Crippen molar-refractivity contribution in [1.29, 1.82) is 0 Å². The van der Waals surface area contributed by atoms with Crippen LogP contribution in [0.25, 0.3) is 0 Å². The van der Waals surface area contributed by atoms with Crippen molar-refractivity contribution in [2.45, 2.75) is 19.3 Å². The largest absolute Gasteiger partial charge is 0.493 e. The summed E-state index contributed by atoms with van der Waals surface area (Å²) in [6.45, 7) is 2.26. The van der Waals surface area contributed by atoms with Gasteiger partial charge in [-0.3, -0.25) is 4.79 Å². The van der Waals surface area contributed by atoms with E-state index in [1.54, 1.807) is 12.0 Å². The van der Waals surface area contributed by atoms with Crippen LogP contribution in [0.2, 0.25) is 0 Å². The van der Waals surface area contributed by atoms with E-state index in [1.807, 2.05) is 25.2 Å². The van der Waals surface area contributed by atoms with E-state index >= 15 is 0 Å². The normalized spacial score (nSPS) is 21.8. The highest BCUT2D eigenvalue weighted by Crippen LogP contribution is 2.37. The molecule has 0 bridgehead atoms. The lowest BCUT2D eigenvalue weighted by Crippen LogP contribution is -2.47. The topological polar surface area (TPSA) is 68.2 Å². The van der Waals surface area contributed by atoms with Crippen molar-refractivity contribution in [2.24, 2.45) is 11.3 Å². The van der Waals surface area contributed by atoms with Crippen LogP contribution >= 0.6 is 0 Å². The number of carbonyl (C=O) groups is 1. The molecule has 1 N–H and O–H groups in total. The van der Waals surface area contributed by atoms with Gasteiger partial charge in [-0.05, 0) is 30.9 Å². The fourth-order valence-electron chi connectivity index (χ4n) is 3.78. The lowest BCUT2D eigenvalue weighted by atomic mass is 9.80. The number of nitrogens with zero attached hydrogens (tertiary/aromatic N) is 1. The van der Waals surface area contributed by atoms with E-state index in [1.165, 1.54) is 0 Å². The Bertz CT molecular complexity index is 612. The Morgan fingerprint density at radius 2 is 2.16 bits per heavy atom. The Kier molecular flexibility index (Phi) is 5.49. The van der Waals surface area contributed by atoms with Crippen molar-refractivity contribution in [2.75, 3.05) is 47.1 Å². The van der Waals surface area contributed by atoms with Crippen LogP contribution in [0.1, 0.15) is 18.4 Å². The maximum absolute atomic E-state index is 12.9. The summed E-state index contributed by atoms with van der Waals surface area (Å²) in [6, 6.07) is 5.76. The summed E-state index contributed by atoms with van der Waals surface area (Å²) in [6.07, 6.45) is 2.20. The van der Waals surface area contributed by atoms with Gasteiger partial charge in [0.15, 0.2) is 11.5 Å². The third kappa shape index (κ3) is 3.75. The summed E-state index contributed by atoms with van der Waals surface area (Å²) in [4.78, 5) is 14.6. The lowest BCUT2D eigenvalue weighted by Gasteiger charge is -2.39. The third-order valence-electron chi connectivity index (χ3n) is 5.36. The lowest BCUT2D eigenvalue weighted by molar-refractivity contribution is -0.139. The summed E-state index contributed by atoms with van der Waals surface area (Å²) in [5, 5.41) is 9.84. The molecule has 3 rings (SSSR count). The number of methoxy groups -OCH3 is 1. The first-order chi connectivity index (χ1) is 12.1. The van der Waals surface area contributed by atoms with Crippen molar-refractivity contribution in [3.05, 3.63) is 23.8 Å². The highest BCUT2D eigenvalue weighted by molar-refractivity contribution is 5.79. The van der Waals surface area contributed by atoms with E-state index in [4.69, 9.17) is 14.2 Å². The quantitative estimate of drug-likeness (QED) is 0.872. The summed E-state index contributed by atoms with van der Waals surface area (Å²) in [7, 11) is 3.43. The van der Waals surface area contributed by atoms with Crippen molar-refractivity contribution >= 4 is 5.91 Å². The number of aliphatic hydroxyl groups is 1. The second-order valence-electron chi connectivity index (χ2n) is 7.13. The molecule has 138 valence electrons. The van der Waals surface area contributed by atoms with Crippen LogP contribution in [0.3, 0.4) is 0 Å². The molecule has 0 saturated carbocycles. The number of carbonyl (C=O) groups excluding carboxylic acids is 1. The molecule has 0 spiro atoms. The van der Waals surface area contributed by atoms with Gasteiger partial charge in [0, 0.05) is 32.2 Å². The zero-order valence-electron chi connectivity index (χ0n) is 15.0. The molecule has 1 amide bonds. The van der Waals surface area contributed by atoms with Gasteiger partial charge in [0.1, 0.15) is 6.61 Å². The second-order valence-corrected chi connectivity index (χ2v) is 7.13. The minimum absolute atomic E-state index is 0.0628. The number of benzene rings is 1. The van der Waals surface area contributed by atoms with E-state index in [9.17, 15) is 9.90 Å². The van der Waals surface area contributed by atoms with Gasteiger partial charge in [0.25, 0.3) is 0 Å². The van der Waals surface area contributed by atoms with Gasteiger partial charge in [0.2, 0.25) is 5.91 Å². The fourth-order valence-corrected chi connectivity index (χ4v) is 3.78. The van der Waals surface area contributed by atoms with Crippen molar-refractivity contribution in [3.63, 3.8) is 0 Å². The molecule has 0 aliphatic carbocycles. The molecule has 6 heteroatoms. The molecule has 0 aromatic heterocycles. The highest BCUT2D eigenvalue weighted by atomic mass is 16.5. The fraction of sp³-hybridized carbons (Fsp3) is 0.632. The highest BCUT2D eigenvalue weighted by Gasteiger charge is 2.36. The zero-order chi connectivity index (χ0) is 17.9. The van der Waals surface area contributed by atoms with Gasteiger partial charge in [0.05, 0.1) is 19.6 Å². The molecule has 1 fully saturated rings. The van der Waals surface area contributed by atoms with E-state index < -0.39 is 0 Å². The molecular weight excluding hydrogens is 322 g/mol. The molecule has 1 aromatic carbocycles. The summed E-state index contributed by atoms with van der Waals surface area (Å²) < 4.78 is 16.6. The molecular formula is C19H27NO5. The Hall–Kier alpha value is -1.79. The van der Waals surface area contributed by atoms with Gasteiger partial charge < -0.3 is 24.2 Å². The van der Waals surface area contributed by atoms with E-state index in [2.05, 4.69) is 0 Å². The predicted octanol–water partition coefficient (Wildman–Crippen LogP) is 1.49. The Balaban J connectivity index is 1.66. The minimum atomic E-state index is -0.251. The minimum Gasteiger partial charge on any atom is -0.493 e. The number of ether oxygens (including phenoxy) is 3. The number of hydrogen-bond donors (Lipinski definition) is 1. The first-order valence-corrected chi connectivity index (χ1v) is 8.81. The average Bonchev–Trinajstić information content (AvgIpc) is 2.67.